The molecule has 4 saturated heterocycles. The van der Waals surface area contributed by atoms with Crippen molar-refractivity contribution in [1.29, 1.82) is 0 Å². The van der Waals surface area contributed by atoms with Gasteiger partial charge in [0.1, 0.15) is 71.7 Å². The van der Waals surface area contributed by atoms with Gasteiger partial charge in [0.15, 0.2) is 6.04 Å². The standard InChI is InChI=1S/C47H58N8O9.C45H55N7O7.C7H13NO5/c1-9-25(3)39(52-46(58)62-7)44(56)54-20-24(2)14-36(54)42-48-19-35(50-42)29-10-12-31-30(16-29)23-64-38-18-32-28(17-33(31)38)11-13-34-41(32)51-43(49-34)37-15-27(22-60-5)21-55(37)45(57)40(26(4)61-6)53-47(59)63-8;1-9-25(3)38(50-43(54)57-8)42(53)51-20-24(2)14-35(51)40-46-19-34(48-40)28-10-12-30-29(16-28)23-58-37-18-31-27(17-32(30)37)11-13-33-39(31)49-41(47-33)36-15-26(22-56-7)21-52(36)44(55)59-45(4,5)6;1-4(12-2)5(6(9)10)8-7(11)13-3/h10-13,16-19,24-27,36-37,39-40H,9,14-15,20-23H2,1-8H3,(H,48,50)(H,49,51)(H,52,58)(H,53,59);10-13,16-19,24-26,35-36,38H,9,14-15,20-23H2,1-8H3,(H,46,48)(H,47,49)(H,50,54);4-5H,1-3H3,(H,8,11)(H,9,10)/t24-,25?,26+,27-,36?,37-,39-,40-;24-,25-,26-,35?,36-,38-;4-,5+/m001/s1. The van der Waals surface area contributed by atoms with Crippen molar-refractivity contribution in [3.05, 3.63) is 132 Å². The summed E-state index contributed by atoms with van der Waals surface area (Å²) in [5, 5.41) is 22.9. The fraction of sp³-hybridized carbons (Fsp3) is 0.505. The van der Waals surface area contributed by atoms with Crippen molar-refractivity contribution < 1.29 is 100 Å². The Kier molecular flexibility index (Phi) is 30.8. The molecule has 4 fully saturated rings. The number of carboxylic acids is 1. The Balaban J connectivity index is 0.000000193. The molecule has 37 heteroatoms. The van der Waals surface area contributed by atoms with Gasteiger partial charge in [-0.15, -0.1) is 0 Å². The third kappa shape index (κ3) is 21.3. The number of likely N-dealkylation sites (tertiary alicyclic amines) is 4. The van der Waals surface area contributed by atoms with Crippen molar-refractivity contribution in [2.45, 2.75) is 194 Å². The molecule has 4 aromatic heterocycles. The molecule has 0 aliphatic carbocycles. The van der Waals surface area contributed by atoms with Crippen LogP contribution in [0.4, 0.5) is 24.0 Å². The minimum absolute atomic E-state index is 0.0552. The van der Waals surface area contributed by atoms with Gasteiger partial charge in [-0.25, -0.2) is 48.7 Å². The Morgan fingerprint density at radius 1 is 0.463 bits per heavy atom. The minimum atomic E-state index is -1.17. The second-order valence-electron chi connectivity index (χ2n) is 37.4. The number of carboxylic acid groups (broad SMARTS) is 1. The van der Waals surface area contributed by atoms with Crippen LogP contribution >= 0.6 is 0 Å². The molecular weight excluding hydrogens is 1750 g/mol. The number of nitrogens with one attached hydrogen (secondary N) is 8. The number of carbonyl (C=O) groups is 9. The quantitative estimate of drug-likeness (QED) is 0.0227. The first-order valence-corrected chi connectivity index (χ1v) is 46.2. The molecule has 0 bridgehead atoms. The average Bonchev–Trinajstić information content (AvgIpc) is 1.42. The summed E-state index contributed by atoms with van der Waals surface area (Å²) in [6.45, 7) is 24.9. The molecule has 0 radical (unpaired) electrons. The van der Waals surface area contributed by atoms with E-state index in [0.29, 0.717) is 77.1 Å². The van der Waals surface area contributed by atoms with E-state index in [9.17, 15) is 43.2 Å². The summed E-state index contributed by atoms with van der Waals surface area (Å²) in [5.74, 6) is 3.18. The second kappa shape index (κ2) is 42.4. The number of rotatable bonds is 26. The molecule has 8 amide bonds. The number of aliphatic carboxylic acids is 1. The lowest BCUT2D eigenvalue weighted by atomic mass is 9.92. The number of H-pyrrole nitrogens is 4. The molecule has 37 nitrogen and oxygen atoms in total. The topological polar surface area (TPSA) is 451 Å². The number of imidazole rings is 4. The van der Waals surface area contributed by atoms with Crippen LogP contribution < -0.4 is 30.7 Å². The van der Waals surface area contributed by atoms with Gasteiger partial charge in [0.2, 0.25) is 17.7 Å². The van der Waals surface area contributed by atoms with Crippen LogP contribution in [0, 0.1) is 35.5 Å². The highest BCUT2D eigenvalue weighted by Crippen LogP contribution is 2.48. The van der Waals surface area contributed by atoms with Crippen molar-refractivity contribution in [1.82, 2.24) is 80.7 Å². The van der Waals surface area contributed by atoms with Crippen molar-refractivity contribution in [3.8, 4) is 56.3 Å². The number of nitrogens with zero attached hydrogens (tertiary/aromatic N) is 8. The van der Waals surface area contributed by atoms with Gasteiger partial charge in [0.25, 0.3) is 0 Å². The average molecular weight is 1880 g/mol. The Hall–Kier alpha value is -13.1. The van der Waals surface area contributed by atoms with Gasteiger partial charge in [0.05, 0.1) is 124 Å². The number of alkyl carbamates (subject to hydrolysis) is 4. The number of amides is 8. The summed E-state index contributed by atoms with van der Waals surface area (Å²) in [6.07, 6.45) is 3.59. The predicted octanol–water partition coefficient (Wildman–Crippen LogP) is 14.8. The molecule has 136 heavy (non-hydrogen) atoms. The molecule has 0 saturated carbocycles. The van der Waals surface area contributed by atoms with Gasteiger partial charge >= 0.3 is 36.4 Å². The number of aromatic amines is 4. The third-order valence-corrected chi connectivity index (χ3v) is 26.9. The zero-order valence-electron chi connectivity index (χ0n) is 80.6. The number of methoxy groups -OCH3 is 8. The predicted molar refractivity (Wildman–Crippen MR) is 505 cm³/mol. The van der Waals surface area contributed by atoms with Crippen molar-refractivity contribution in [3.63, 3.8) is 0 Å². The van der Waals surface area contributed by atoms with Crippen molar-refractivity contribution >= 4 is 97.8 Å². The SMILES string of the molecule is CCC(C)[C@H](NC(=O)OC)C(=O)N1C[C@@H](C)CC1c1ncc(-c2ccc3c(c2)COc2cc4c(ccc5[nH]c([C@@H]6C[C@H](COC)CN6C(=O)[C@@H](NC(=O)OC)[C@@H](C)OC)nc54)cc2-3)[nH]1.CC[C@H](C)[C@H](NC(=O)OC)C(=O)N1C[C@@H](C)CC1c1ncc(-c2ccc3c(c2)COc2cc4c(ccc5[nH]c([C@@H]6C[C@H](COC)CN6C(=O)OC(C)(C)C)nc54)cc2-3)[nH]1.COC(=O)N[C@H](C(=O)O)[C@@H](C)OC. The number of benzene rings is 6. The molecule has 9 N–H and O–H groups in total. The van der Waals surface area contributed by atoms with E-state index in [0.717, 1.165) is 155 Å². The van der Waals surface area contributed by atoms with Gasteiger partial charge in [-0.1, -0.05) is 90.8 Å². The number of aromatic nitrogens is 8. The van der Waals surface area contributed by atoms with Crippen LogP contribution in [-0.2, 0) is 75.0 Å². The van der Waals surface area contributed by atoms with Gasteiger partial charge < -0.3 is 113 Å². The lowest BCUT2D eigenvalue weighted by Gasteiger charge is -2.30. The number of hydrogen-bond acceptors (Lipinski definition) is 24. The Morgan fingerprint density at radius 3 is 1.24 bits per heavy atom. The molecule has 6 aliphatic heterocycles. The van der Waals surface area contributed by atoms with Gasteiger partial charge in [-0.3, -0.25) is 19.3 Å². The molecule has 3 unspecified atom stereocenters. The second-order valence-corrected chi connectivity index (χ2v) is 37.4. The monoisotopic (exact) mass is 1870 g/mol. The van der Waals surface area contributed by atoms with Crippen LogP contribution in [0.2, 0.25) is 0 Å². The molecule has 10 aromatic rings. The number of carbonyl (C=O) groups excluding carboxylic acids is 8. The van der Waals surface area contributed by atoms with E-state index in [1.54, 1.807) is 30.9 Å². The summed E-state index contributed by atoms with van der Waals surface area (Å²) < 4.78 is 58.7. The Labute approximate surface area is 788 Å². The summed E-state index contributed by atoms with van der Waals surface area (Å²) in [7, 11) is 11.2. The maximum atomic E-state index is 14.1. The third-order valence-electron chi connectivity index (χ3n) is 26.9. The first-order valence-electron chi connectivity index (χ1n) is 46.2. The lowest BCUT2D eigenvalue weighted by molar-refractivity contribution is -0.142. The molecule has 16 atom stereocenters. The fourth-order valence-electron chi connectivity index (χ4n) is 19.2. The zero-order chi connectivity index (χ0) is 97.6. The number of fused-ring (bicyclic) bond motifs is 12. The first kappa shape index (κ1) is 98.9. The summed E-state index contributed by atoms with van der Waals surface area (Å²) in [6, 6.07) is 24.6. The van der Waals surface area contributed by atoms with Crippen molar-refractivity contribution in [2.75, 3.05) is 96.3 Å². The maximum absolute atomic E-state index is 14.1. The number of hydrogen-bond donors (Lipinski definition) is 9. The fourth-order valence-corrected chi connectivity index (χ4v) is 19.2. The first-order chi connectivity index (χ1) is 65.1. The molecule has 728 valence electrons. The van der Waals surface area contributed by atoms with E-state index < -0.39 is 78.4 Å². The Bertz CT molecular complexity index is 6060. The molecule has 16 rings (SSSR count). The van der Waals surface area contributed by atoms with E-state index in [4.69, 9.17) is 72.4 Å². The van der Waals surface area contributed by atoms with Gasteiger partial charge in [-0.05, 0) is 177 Å². The van der Waals surface area contributed by atoms with Gasteiger partial charge in [-0.2, -0.15) is 0 Å². The van der Waals surface area contributed by atoms with Crippen LogP contribution in [-0.4, -0.2) is 257 Å². The lowest BCUT2D eigenvalue weighted by Crippen LogP contribution is -2.54. The van der Waals surface area contributed by atoms with Crippen LogP contribution in [0.1, 0.15) is 173 Å². The summed E-state index contributed by atoms with van der Waals surface area (Å²) in [5.41, 5.74) is 12.5. The molecule has 0 spiro atoms. The van der Waals surface area contributed by atoms with Crippen LogP contribution in [0.25, 0.3) is 88.4 Å². The van der Waals surface area contributed by atoms with E-state index in [1.165, 1.54) is 42.5 Å². The molecule has 6 aliphatic rings. The maximum Gasteiger partial charge on any atom is 0.410 e. The normalized spacial score (nSPS) is 20.5. The van der Waals surface area contributed by atoms with E-state index >= 15 is 0 Å². The van der Waals surface area contributed by atoms with Crippen LogP contribution in [0.15, 0.2) is 97.3 Å². The van der Waals surface area contributed by atoms with E-state index in [-0.39, 0.29) is 77.4 Å². The van der Waals surface area contributed by atoms with E-state index in [1.807, 2.05) is 88.9 Å². The smallest absolute Gasteiger partial charge is 0.410 e. The molecule has 6 aromatic carbocycles. The van der Waals surface area contributed by atoms with Crippen LogP contribution in [0.3, 0.4) is 0 Å². The molecular formula is C99H126N16O21. The highest BCUT2D eigenvalue weighted by Gasteiger charge is 2.47. The van der Waals surface area contributed by atoms with E-state index in [2.05, 4.69) is 127 Å². The van der Waals surface area contributed by atoms with Gasteiger partial charge in [0, 0.05) is 88.4 Å². The largest absolute Gasteiger partial charge is 0.488 e. The highest BCUT2D eigenvalue weighted by molar-refractivity contribution is 6.08. The number of ether oxygens (including phenoxy) is 11. The summed E-state index contributed by atoms with van der Waals surface area (Å²) >= 11 is 0. The zero-order valence-corrected chi connectivity index (χ0v) is 80.6. The minimum Gasteiger partial charge on any atom is -0.488 e. The van der Waals surface area contributed by atoms with Crippen molar-refractivity contribution in [2.24, 2.45) is 35.5 Å². The highest BCUT2D eigenvalue weighted by atomic mass is 16.6. The summed E-state index contributed by atoms with van der Waals surface area (Å²) in [4.78, 5) is 154. The van der Waals surface area contributed by atoms with Crippen LogP contribution in [0.5, 0.6) is 11.5 Å². The molecule has 10 heterocycles. The Morgan fingerprint density at radius 2 is 0.846 bits per heavy atom.